The summed E-state index contributed by atoms with van der Waals surface area (Å²) in [5.74, 6) is -0.596. The molecule has 1 aliphatic heterocycles. The normalized spacial score (nSPS) is 15.5. The monoisotopic (exact) mass is 253 g/mol. The highest BCUT2D eigenvalue weighted by Gasteiger charge is 2.39. The van der Waals surface area contributed by atoms with Crippen LogP contribution in [-0.4, -0.2) is 21.7 Å². The molecule has 0 bridgehead atoms. The maximum absolute atomic E-state index is 12.3. The van der Waals surface area contributed by atoms with Gasteiger partial charge < -0.3 is 0 Å². The van der Waals surface area contributed by atoms with Crippen LogP contribution in [0.15, 0.2) is 48.7 Å². The van der Waals surface area contributed by atoms with Crippen molar-refractivity contribution in [3.63, 3.8) is 0 Å². The lowest BCUT2D eigenvalue weighted by Gasteiger charge is -2.22. The number of hydrogen-bond acceptors (Lipinski definition) is 3. The molecule has 94 valence electrons. The third kappa shape index (κ3) is 1.73. The molecule has 1 aromatic heterocycles. The van der Waals surface area contributed by atoms with E-state index in [-0.39, 0.29) is 23.6 Å². The van der Waals surface area contributed by atoms with Crippen LogP contribution in [0.4, 0.5) is 0 Å². The second-order valence-electron chi connectivity index (χ2n) is 4.47. The first kappa shape index (κ1) is 11.6. The van der Waals surface area contributed by atoms with E-state index in [0.29, 0.717) is 5.56 Å². The van der Waals surface area contributed by atoms with Gasteiger partial charge in [0, 0.05) is 6.20 Å². The van der Waals surface area contributed by atoms with Crippen LogP contribution in [0.5, 0.6) is 0 Å². The highest BCUT2D eigenvalue weighted by Crippen LogP contribution is 2.29. The van der Waals surface area contributed by atoms with E-state index < -0.39 is 0 Å². The summed E-state index contributed by atoms with van der Waals surface area (Å²) in [6.45, 7) is 1.84. The molecule has 1 unspecified atom stereocenters. The second-order valence-corrected chi connectivity index (χ2v) is 4.47. The summed E-state index contributed by atoms with van der Waals surface area (Å²) in [7, 11) is 0. The van der Waals surface area contributed by atoms with Crippen LogP contribution in [-0.2, 0) is 0 Å². The fourth-order valence-corrected chi connectivity index (χ4v) is 2.32. The Kier molecular flexibility index (Phi) is 2.63. The van der Waals surface area contributed by atoms with E-state index in [4.69, 9.17) is 0 Å². The minimum atomic E-state index is -0.322. The molecule has 4 heteroatoms. The van der Waals surface area contributed by atoms with Crippen LogP contribution in [0.1, 0.15) is 39.4 Å². The van der Waals surface area contributed by atoms with Crippen molar-refractivity contribution in [1.82, 2.24) is 9.88 Å². The number of nitrogens with zero attached hydrogens (tertiary/aromatic N) is 2. The van der Waals surface area contributed by atoms with Crippen LogP contribution >= 0.6 is 0 Å². The van der Waals surface area contributed by atoms with Gasteiger partial charge in [-0.3, -0.25) is 19.5 Å². The van der Waals surface area contributed by atoms with E-state index in [1.807, 2.05) is 37.3 Å². The lowest BCUT2D eigenvalue weighted by atomic mass is 10.2. The number of carbonyl (C=O) groups is 2. The third-order valence-electron chi connectivity index (χ3n) is 3.35. The van der Waals surface area contributed by atoms with Gasteiger partial charge in [-0.25, -0.2) is 0 Å². The van der Waals surface area contributed by atoms with Crippen LogP contribution < -0.4 is 0 Å². The van der Waals surface area contributed by atoms with Crippen molar-refractivity contribution in [1.29, 1.82) is 0 Å². The average molecular weight is 253 g/mol. The minimum Gasteiger partial charge on any atom is -0.268 e. The molecule has 3 rings (SSSR count). The Morgan fingerprint density at radius 2 is 1.74 bits per heavy atom. The summed E-state index contributed by atoms with van der Waals surface area (Å²) < 4.78 is 0. The molecule has 4 nitrogen and oxygen atoms in total. The van der Waals surface area contributed by atoms with Crippen molar-refractivity contribution in [2.75, 3.05) is 0 Å². The maximum atomic E-state index is 12.3. The summed E-state index contributed by atoms with van der Waals surface area (Å²) in [5, 5.41) is 0. The standard InChI is InChI=1S/C15H12N2O2/c1-10(11-6-3-2-4-7-11)17-14(18)12-8-5-9-16-13(12)15(17)19/h2-10H,1H3/i10+1. The maximum Gasteiger partial charge on any atom is 0.280 e. The van der Waals surface area contributed by atoms with Crippen molar-refractivity contribution in [2.45, 2.75) is 13.0 Å². The van der Waals surface area contributed by atoms with Gasteiger partial charge in [-0.1, -0.05) is 30.3 Å². The number of fused-ring (bicyclic) bond motifs is 1. The number of hydrogen-bond donors (Lipinski definition) is 0. The van der Waals surface area contributed by atoms with Gasteiger partial charge in [0.15, 0.2) is 0 Å². The van der Waals surface area contributed by atoms with Gasteiger partial charge in [-0.2, -0.15) is 0 Å². The van der Waals surface area contributed by atoms with E-state index in [0.717, 1.165) is 5.56 Å². The number of carbonyl (C=O) groups excluding carboxylic acids is 2. The summed E-state index contributed by atoms with van der Waals surface area (Å²) in [5.41, 5.74) is 1.56. The van der Waals surface area contributed by atoms with Crippen LogP contribution in [0.25, 0.3) is 0 Å². The van der Waals surface area contributed by atoms with Gasteiger partial charge in [0.1, 0.15) is 5.69 Å². The molecule has 0 aliphatic carbocycles. The summed E-state index contributed by atoms with van der Waals surface area (Å²) >= 11 is 0. The number of pyridine rings is 1. The third-order valence-corrected chi connectivity index (χ3v) is 3.35. The number of rotatable bonds is 2. The predicted octanol–water partition coefficient (Wildman–Crippen LogP) is 2.44. The largest absolute Gasteiger partial charge is 0.280 e. The van der Waals surface area contributed by atoms with Gasteiger partial charge in [-0.15, -0.1) is 0 Å². The second kappa shape index (κ2) is 4.31. The van der Waals surface area contributed by atoms with Gasteiger partial charge >= 0.3 is 0 Å². The predicted molar refractivity (Wildman–Crippen MR) is 69.6 cm³/mol. The molecule has 2 heterocycles. The van der Waals surface area contributed by atoms with Crippen molar-refractivity contribution in [3.05, 3.63) is 65.5 Å². The lowest BCUT2D eigenvalue weighted by Crippen LogP contribution is -2.32. The highest BCUT2D eigenvalue weighted by atomic mass is 16.2. The topological polar surface area (TPSA) is 50.3 Å². The molecule has 0 spiro atoms. The fourth-order valence-electron chi connectivity index (χ4n) is 2.32. The molecule has 0 N–H and O–H groups in total. The molecular weight excluding hydrogens is 241 g/mol. The molecular formula is C15H12N2O2. The fraction of sp³-hybridized carbons (Fsp3) is 0.133. The van der Waals surface area contributed by atoms with Gasteiger partial charge in [0.05, 0.1) is 11.6 Å². The zero-order valence-electron chi connectivity index (χ0n) is 10.4. The van der Waals surface area contributed by atoms with Crippen molar-refractivity contribution >= 4 is 11.8 Å². The van der Waals surface area contributed by atoms with E-state index in [1.165, 1.54) is 11.1 Å². The van der Waals surface area contributed by atoms with E-state index in [2.05, 4.69) is 4.98 Å². The van der Waals surface area contributed by atoms with Crippen LogP contribution in [0.3, 0.4) is 0 Å². The number of benzene rings is 1. The number of amides is 2. The molecule has 0 saturated heterocycles. The summed E-state index contributed by atoms with van der Waals surface area (Å²) in [6, 6.07) is 12.5. The Labute approximate surface area is 110 Å². The number of imide groups is 1. The zero-order chi connectivity index (χ0) is 13.4. The zero-order valence-corrected chi connectivity index (χ0v) is 10.4. The molecule has 2 amide bonds. The molecule has 0 saturated carbocycles. The Hall–Kier alpha value is -2.49. The minimum absolute atomic E-state index is 0.246. The molecule has 0 fully saturated rings. The Morgan fingerprint density at radius 3 is 2.42 bits per heavy atom. The molecule has 2 aromatic rings. The van der Waals surface area contributed by atoms with Crippen LogP contribution in [0.2, 0.25) is 0 Å². The first-order chi connectivity index (χ1) is 9.20. The van der Waals surface area contributed by atoms with E-state index in [9.17, 15) is 9.59 Å². The van der Waals surface area contributed by atoms with Crippen molar-refractivity contribution < 1.29 is 9.59 Å². The summed E-state index contributed by atoms with van der Waals surface area (Å²) in [6.07, 6.45) is 1.53. The average Bonchev–Trinajstić information content (AvgIpc) is 2.72. The molecule has 19 heavy (non-hydrogen) atoms. The molecule has 1 atom stereocenters. The van der Waals surface area contributed by atoms with Crippen molar-refractivity contribution in [3.8, 4) is 0 Å². The number of aromatic nitrogens is 1. The molecule has 0 radical (unpaired) electrons. The van der Waals surface area contributed by atoms with Gasteiger partial charge in [0.2, 0.25) is 0 Å². The van der Waals surface area contributed by atoms with E-state index >= 15 is 0 Å². The highest BCUT2D eigenvalue weighted by molar-refractivity contribution is 6.20. The smallest absolute Gasteiger partial charge is 0.268 e. The molecule has 1 aromatic carbocycles. The van der Waals surface area contributed by atoms with E-state index in [1.54, 1.807) is 12.1 Å². The SMILES string of the molecule is C[13CH](c1ccccc1)N1C(=O)c2cccnc2C1=O. The molecule has 1 aliphatic rings. The Morgan fingerprint density at radius 1 is 1.00 bits per heavy atom. The Bertz CT molecular complexity index is 617. The quantitative estimate of drug-likeness (QED) is 0.610. The first-order valence-electron chi connectivity index (χ1n) is 6.08. The van der Waals surface area contributed by atoms with Crippen LogP contribution in [0, 0.1) is 0 Å². The summed E-state index contributed by atoms with van der Waals surface area (Å²) in [4.78, 5) is 29.8. The lowest BCUT2D eigenvalue weighted by molar-refractivity contribution is 0.0593. The van der Waals surface area contributed by atoms with Gasteiger partial charge in [0.25, 0.3) is 11.8 Å². The van der Waals surface area contributed by atoms with Crippen molar-refractivity contribution in [2.24, 2.45) is 0 Å². The van der Waals surface area contributed by atoms with Gasteiger partial charge in [-0.05, 0) is 24.6 Å². The Balaban J connectivity index is 2.01. The first-order valence-corrected chi connectivity index (χ1v) is 6.08.